The molecule has 4 nitrogen and oxygen atoms in total. The first kappa shape index (κ1) is 14.0. The predicted molar refractivity (Wildman–Crippen MR) is 75.9 cm³/mol. The highest BCUT2D eigenvalue weighted by atomic mass is 16.2. The van der Waals surface area contributed by atoms with Gasteiger partial charge >= 0.3 is 0 Å². The maximum atomic E-state index is 12.7. The zero-order chi connectivity index (χ0) is 13.7. The molecule has 1 aromatic rings. The Balaban J connectivity index is 2.17. The van der Waals surface area contributed by atoms with Gasteiger partial charge in [0.15, 0.2) is 0 Å². The summed E-state index contributed by atoms with van der Waals surface area (Å²) in [6.07, 6.45) is 7.21. The Morgan fingerprint density at radius 1 is 1.47 bits per heavy atom. The lowest BCUT2D eigenvalue weighted by Gasteiger charge is -2.29. The molecule has 104 valence electrons. The summed E-state index contributed by atoms with van der Waals surface area (Å²) in [5, 5.41) is 0. The Bertz CT molecular complexity index is 427. The maximum absolute atomic E-state index is 12.7. The fourth-order valence-corrected chi connectivity index (χ4v) is 2.77. The van der Waals surface area contributed by atoms with Crippen LogP contribution in [0.3, 0.4) is 0 Å². The lowest BCUT2D eigenvalue weighted by Crippen LogP contribution is -2.40. The first-order valence-corrected chi connectivity index (χ1v) is 7.16. The third-order valence-corrected chi connectivity index (χ3v) is 3.84. The molecule has 0 bridgehead atoms. The summed E-state index contributed by atoms with van der Waals surface area (Å²) in [6.45, 7) is 3.31. The molecule has 0 radical (unpaired) electrons. The Morgan fingerprint density at radius 3 is 2.84 bits per heavy atom. The third-order valence-electron chi connectivity index (χ3n) is 3.84. The SMILES string of the molecule is Cc1cccnc1C(=O)N(CCCN)C1CCCC1. The highest BCUT2D eigenvalue weighted by Crippen LogP contribution is 2.25. The number of nitrogens with zero attached hydrogens (tertiary/aromatic N) is 2. The van der Waals surface area contributed by atoms with Crippen molar-refractivity contribution in [2.75, 3.05) is 13.1 Å². The summed E-state index contributed by atoms with van der Waals surface area (Å²) in [5.74, 6) is 0.0680. The largest absolute Gasteiger partial charge is 0.334 e. The van der Waals surface area contributed by atoms with E-state index < -0.39 is 0 Å². The van der Waals surface area contributed by atoms with Crippen LogP contribution in [-0.4, -0.2) is 34.9 Å². The zero-order valence-electron chi connectivity index (χ0n) is 11.6. The average Bonchev–Trinajstić information content (AvgIpc) is 2.93. The van der Waals surface area contributed by atoms with E-state index in [9.17, 15) is 4.79 Å². The molecule has 1 aromatic heterocycles. The Labute approximate surface area is 115 Å². The molecular weight excluding hydrogens is 238 g/mol. The number of amides is 1. The Hall–Kier alpha value is -1.42. The van der Waals surface area contributed by atoms with Crippen LogP contribution in [0.2, 0.25) is 0 Å². The van der Waals surface area contributed by atoms with Gasteiger partial charge in [-0.3, -0.25) is 9.78 Å². The molecule has 1 heterocycles. The van der Waals surface area contributed by atoms with Crippen LogP contribution in [0.4, 0.5) is 0 Å². The molecular formula is C15H23N3O. The van der Waals surface area contributed by atoms with E-state index in [1.165, 1.54) is 12.8 Å². The molecule has 0 saturated heterocycles. The van der Waals surface area contributed by atoms with Gasteiger partial charge in [-0.15, -0.1) is 0 Å². The molecule has 0 aliphatic heterocycles. The number of pyridine rings is 1. The van der Waals surface area contributed by atoms with Crippen molar-refractivity contribution in [1.29, 1.82) is 0 Å². The summed E-state index contributed by atoms with van der Waals surface area (Å²) in [4.78, 5) is 18.9. The molecule has 1 saturated carbocycles. The van der Waals surface area contributed by atoms with Crippen molar-refractivity contribution in [2.45, 2.75) is 45.1 Å². The standard InChI is InChI=1S/C15H23N3O/c1-12-6-4-10-17-14(12)15(19)18(11-5-9-16)13-7-2-3-8-13/h4,6,10,13H,2-3,5,7-9,11,16H2,1H3. The number of nitrogens with two attached hydrogens (primary N) is 1. The number of rotatable bonds is 5. The van der Waals surface area contributed by atoms with E-state index in [1.54, 1.807) is 6.20 Å². The predicted octanol–water partition coefficient (Wildman–Crippen LogP) is 2.12. The van der Waals surface area contributed by atoms with Crippen LogP contribution in [0.25, 0.3) is 0 Å². The van der Waals surface area contributed by atoms with Crippen LogP contribution in [0.5, 0.6) is 0 Å². The molecule has 1 aliphatic rings. The van der Waals surface area contributed by atoms with E-state index in [4.69, 9.17) is 5.73 Å². The van der Waals surface area contributed by atoms with E-state index in [0.29, 0.717) is 18.3 Å². The summed E-state index contributed by atoms with van der Waals surface area (Å²) >= 11 is 0. The van der Waals surface area contributed by atoms with Gasteiger partial charge < -0.3 is 10.6 Å². The van der Waals surface area contributed by atoms with E-state index in [1.807, 2.05) is 24.0 Å². The number of carbonyl (C=O) groups is 1. The minimum absolute atomic E-state index is 0.0680. The van der Waals surface area contributed by atoms with Crippen molar-refractivity contribution in [3.63, 3.8) is 0 Å². The van der Waals surface area contributed by atoms with Gasteiger partial charge in [-0.25, -0.2) is 0 Å². The monoisotopic (exact) mass is 261 g/mol. The molecule has 0 spiro atoms. The Kier molecular flexibility index (Phi) is 4.91. The van der Waals surface area contributed by atoms with Gasteiger partial charge in [0.1, 0.15) is 5.69 Å². The number of aryl methyl sites for hydroxylation is 1. The molecule has 0 unspecified atom stereocenters. The first-order chi connectivity index (χ1) is 9.24. The van der Waals surface area contributed by atoms with E-state index in [2.05, 4.69) is 4.98 Å². The van der Waals surface area contributed by atoms with Crippen molar-refractivity contribution in [3.05, 3.63) is 29.6 Å². The highest BCUT2D eigenvalue weighted by molar-refractivity contribution is 5.93. The van der Waals surface area contributed by atoms with Crippen LogP contribution in [0.1, 0.15) is 48.2 Å². The molecule has 1 aliphatic carbocycles. The first-order valence-electron chi connectivity index (χ1n) is 7.16. The van der Waals surface area contributed by atoms with Gasteiger partial charge in [0.05, 0.1) is 0 Å². The fourth-order valence-electron chi connectivity index (χ4n) is 2.77. The molecule has 19 heavy (non-hydrogen) atoms. The molecule has 0 atom stereocenters. The second kappa shape index (κ2) is 6.66. The minimum Gasteiger partial charge on any atom is -0.334 e. The molecule has 2 N–H and O–H groups in total. The van der Waals surface area contributed by atoms with Crippen LogP contribution in [-0.2, 0) is 0 Å². The van der Waals surface area contributed by atoms with Gasteiger partial charge in [0, 0.05) is 18.8 Å². The second-order valence-electron chi connectivity index (χ2n) is 5.25. The summed E-state index contributed by atoms with van der Waals surface area (Å²) < 4.78 is 0. The number of aromatic nitrogens is 1. The molecule has 4 heteroatoms. The van der Waals surface area contributed by atoms with Gasteiger partial charge in [-0.2, -0.15) is 0 Å². The highest BCUT2D eigenvalue weighted by Gasteiger charge is 2.28. The number of hydrogen-bond acceptors (Lipinski definition) is 3. The van der Waals surface area contributed by atoms with Crippen molar-refractivity contribution in [2.24, 2.45) is 5.73 Å². The number of hydrogen-bond donors (Lipinski definition) is 1. The van der Waals surface area contributed by atoms with Crippen LogP contribution in [0.15, 0.2) is 18.3 Å². The van der Waals surface area contributed by atoms with Crippen molar-refractivity contribution in [1.82, 2.24) is 9.88 Å². The number of carbonyl (C=O) groups excluding carboxylic acids is 1. The zero-order valence-corrected chi connectivity index (χ0v) is 11.6. The average molecular weight is 261 g/mol. The minimum atomic E-state index is 0.0680. The smallest absolute Gasteiger partial charge is 0.272 e. The quantitative estimate of drug-likeness (QED) is 0.883. The van der Waals surface area contributed by atoms with Gasteiger partial charge in [-0.1, -0.05) is 18.9 Å². The fraction of sp³-hybridized carbons (Fsp3) is 0.600. The van der Waals surface area contributed by atoms with Crippen molar-refractivity contribution in [3.8, 4) is 0 Å². The Morgan fingerprint density at radius 2 is 2.21 bits per heavy atom. The van der Waals surface area contributed by atoms with Crippen LogP contribution >= 0.6 is 0 Å². The van der Waals surface area contributed by atoms with Crippen molar-refractivity contribution < 1.29 is 4.79 Å². The second-order valence-corrected chi connectivity index (χ2v) is 5.25. The van der Waals surface area contributed by atoms with Crippen LogP contribution < -0.4 is 5.73 Å². The van der Waals surface area contributed by atoms with E-state index in [0.717, 1.165) is 31.4 Å². The van der Waals surface area contributed by atoms with E-state index in [-0.39, 0.29) is 5.91 Å². The van der Waals surface area contributed by atoms with Crippen LogP contribution in [0, 0.1) is 6.92 Å². The van der Waals surface area contributed by atoms with Gasteiger partial charge in [0.25, 0.3) is 5.91 Å². The molecule has 2 rings (SSSR count). The topological polar surface area (TPSA) is 59.2 Å². The normalized spacial score (nSPS) is 15.7. The molecule has 1 amide bonds. The lowest BCUT2D eigenvalue weighted by molar-refractivity contribution is 0.0673. The summed E-state index contributed by atoms with van der Waals surface area (Å²) in [7, 11) is 0. The lowest BCUT2D eigenvalue weighted by atomic mass is 10.1. The van der Waals surface area contributed by atoms with Gasteiger partial charge in [0.2, 0.25) is 0 Å². The summed E-state index contributed by atoms with van der Waals surface area (Å²) in [5.41, 5.74) is 7.13. The molecule has 0 aromatic carbocycles. The third kappa shape index (κ3) is 3.32. The summed E-state index contributed by atoms with van der Waals surface area (Å²) in [6, 6.07) is 4.18. The van der Waals surface area contributed by atoms with E-state index >= 15 is 0 Å². The van der Waals surface area contributed by atoms with Gasteiger partial charge in [-0.05, 0) is 44.4 Å². The molecule has 1 fully saturated rings. The maximum Gasteiger partial charge on any atom is 0.272 e. The van der Waals surface area contributed by atoms with Crippen molar-refractivity contribution >= 4 is 5.91 Å².